The Kier molecular flexibility index (Phi) is 5.83. The monoisotopic (exact) mass is 217 g/mol. The second kappa shape index (κ2) is 6.08. The van der Waals surface area contributed by atoms with Crippen LogP contribution in [0, 0.1) is 0 Å². The highest BCUT2D eigenvalue weighted by Gasteiger charge is 2.23. The van der Waals surface area contributed by atoms with Gasteiger partial charge in [0.15, 0.2) is 0 Å². The highest BCUT2D eigenvalue weighted by atomic mass is 16.6. The van der Waals surface area contributed by atoms with E-state index >= 15 is 0 Å². The van der Waals surface area contributed by atoms with Crippen molar-refractivity contribution in [3.8, 4) is 0 Å². The fourth-order valence-corrected chi connectivity index (χ4v) is 1.02. The van der Waals surface area contributed by atoms with Crippen LogP contribution in [-0.2, 0) is 9.53 Å². The first kappa shape index (κ1) is 14.4. The van der Waals surface area contributed by atoms with Gasteiger partial charge in [-0.15, -0.1) is 0 Å². The zero-order chi connectivity index (χ0) is 12.1. The van der Waals surface area contributed by atoms with E-state index in [1.165, 1.54) is 0 Å². The quantitative estimate of drug-likeness (QED) is 0.675. The molecular weight excluding hydrogens is 194 g/mol. The molecule has 1 N–H and O–H groups in total. The van der Waals surface area contributed by atoms with Crippen molar-refractivity contribution in [3.63, 3.8) is 0 Å². The molecule has 0 aliphatic heterocycles. The molecule has 0 saturated heterocycles. The predicted octanol–water partition coefficient (Wildman–Crippen LogP) is 1.03. The number of carbonyl (C=O) groups is 1. The molecule has 0 heterocycles. The number of carbonyl (C=O) groups excluding carboxylic acids is 1. The number of likely N-dealkylation sites (N-methyl/N-ethyl adjacent to an activating group) is 1. The summed E-state index contributed by atoms with van der Waals surface area (Å²) in [5.41, 5.74) is -0.413. The fraction of sp³-hybridized carbons (Fsp3) is 0.909. The van der Waals surface area contributed by atoms with E-state index in [0.29, 0.717) is 0 Å². The third-order valence-electron chi connectivity index (χ3n) is 2.58. The Hall–Kier alpha value is -0.610. The highest BCUT2D eigenvalue weighted by Crippen LogP contribution is 2.15. The van der Waals surface area contributed by atoms with Gasteiger partial charge < -0.3 is 14.7 Å². The van der Waals surface area contributed by atoms with Gasteiger partial charge in [0.2, 0.25) is 0 Å². The molecule has 1 unspecified atom stereocenters. The summed E-state index contributed by atoms with van der Waals surface area (Å²) in [6, 6.07) is -0.162. The van der Waals surface area contributed by atoms with E-state index in [1.807, 2.05) is 39.8 Å². The molecule has 0 radical (unpaired) electrons. The lowest BCUT2D eigenvalue weighted by Gasteiger charge is -2.26. The van der Waals surface area contributed by atoms with E-state index in [1.54, 1.807) is 0 Å². The number of aliphatic hydroxyl groups excluding tert-OH is 1. The van der Waals surface area contributed by atoms with Gasteiger partial charge in [-0.25, -0.2) is 0 Å². The molecule has 0 aromatic rings. The molecule has 0 fully saturated rings. The lowest BCUT2D eigenvalue weighted by Crippen LogP contribution is -2.36. The van der Waals surface area contributed by atoms with Gasteiger partial charge in [0.25, 0.3) is 0 Å². The minimum Gasteiger partial charge on any atom is -0.460 e. The lowest BCUT2D eigenvalue weighted by molar-refractivity contribution is -0.158. The molecule has 15 heavy (non-hydrogen) atoms. The smallest absolute Gasteiger partial charge is 0.307 e. The summed E-state index contributed by atoms with van der Waals surface area (Å²) in [4.78, 5) is 13.4. The fourth-order valence-electron chi connectivity index (χ4n) is 1.02. The van der Waals surface area contributed by atoms with Gasteiger partial charge in [0.1, 0.15) is 5.60 Å². The van der Waals surface area contributed by atoms with Crippen LogP contribution < -0.4 is 0 Å². The molecule has 0 spiro atoms. The zero-order valence-electron chi connectivity index (χ0n) is 10.4. The van der Waals surface area contributed by atoms with E-state index in [-0.39, 0.29) is 25.0 Å². The topological polar surface area (TPSA) is 49.8 Å². The molecule has 1 atom stereocenters. The molecule has 4 heteroatoms. The van der Waals surface area contributed by atoms with Crippen molar-refractivity contribution in [2.75, 3.05) is 20.7 Å². The van der Waals surface area contributed by atoms with E-state index in [0.717, 1.165) is 6.42 Å². The second-order valence-corrected chi connectivity index (χ2v) is 4.59. The minimum atomic E-state index is -0.413. The molecule has 90 valence electrons. The molecular formula is C11H23NO3. The molecule has 0 aromatic heterocycles. The molecule has 0 saturated carbocycles. The van der Waals surface area contributed by atoms with Crippen molar-refractivity contribution >= 4 is 5.97 Å². The van der Waals surface area contributed by atoms with Gasteiger partial charge in [0.05, 0.1) is 13.0 Å². The predicted molar refractivity (Wildman–Crippen MR) is 59.6 cm³/mol. The Labute approximate surface area is 92.2 Å². The average Bonchev–Trinajstić information content (AvgIpc) is 2.13. The Morgan fingerprint density at radius 1 is 1.47 bits per heavy atom. The van der Waals surface area contributed by atoms with Gasteiger partial charge in [0, 0.05) is 6.04 Å². The van der Waals surface area contributed by atoms with Gasteiger partial charge in [-0.2, -0.15) is 0 Å². The SMILES string of the molecule is CCC(C)(C)OC(=O)CC(CO)N(C)C. The van der Waals surface area contributed by atoms with E-state index < -0.39 is 5.60 Å². The van der Waals surface area contributed by atoms with Crippen LogP contribution in [0.5, 0.6) is 0 Å². The maximum Gasteiger partial charge on any atom is 0.307 e. The van der Waals surface area contributed by atoms with Crippen LogP contribution in [0.3, 0.4) is 0 Å². The number of rotatable bonds is 6. The number of ether oxygens (including phenoxy) is 1. The van der Waals surface area contributed by atoms with Gasteiger partial charge in [-0.1, -0.05) is 6.92 Å². The van der Waals surface area contributed by atoms with Gasteiger partial charge >= 0.3 is 5.97 Å². The van der Waals surface area contributed by atoms with Crippen molar-refractivity contribution in [3.05, 3.63) is 0 Å². The number of nitrogens with zero attached hydrogens (tertiary/aromatic N) is 1. The van der Waals surface area contributed by atoms with Crippen molar-refractivity contribution in [1.82, 2.24) is 4.90 Å². The third-order valence-corrected chi connectivity index (χ3v) is 2.58. The summed E-state index contributed by atoms with van der Waals surface area (Å²) in [7, 11) is 3.66. The second-order valence-electron chi connectivity index (χ2n) is 4.59. The summed E-state index contributed by atoms with van der Waals surface area (Å²) < 4.78 is 5.29. The van der Waals surface area contributed by atoms with Crippen LogP contribution in [0.1, 0.15) is 33.6 Å². The first-order valence-corrected chi connectivity index (χ1v) is 5.31. The Bertz CT molecular complexity index is 202. The summed E-state index contributed by atoms with van der Waals surface area (Å²) in [6.07, 6.45) is 1.01. The zero-order valence-corrected chi connectivity index (χ0v) is 10.4. The highest BCUT2D eigenvalue weighted by molar-refractivity contribution is 5.70. The van der Waals surface area contributed by atoms with Crippen molar-refractivity contribution in [1.29, 1.82) is 0 Å². The van der Waals surface area contributed by atoms with Gasteiger partial charge in [-0.05, 0) is 34.4 Å². The third kappa shape index (κ3) is 5.74. The van der Waals surface area contributed by atoms with E-state index in [9.17, 15) is 4.79 Å². The molecule has 0 aliphatic rings. The summed E-state index contributed by atoms with van der Waals surface area (Å²) in [5, 5.41) is 9.05. The Morgan fingerprint density at radius 3 is 2.33 bits per heavy atom. The van der Waals surface area contributed by atoms with Crippen molar-refractivity contribution < 1.29 is 14.6 Å². The lowest BCUT2D eigenvalue weighted by atomic mass is 10.1. The molecule has 0 rings (SSSR count). The van der Waals surface area contributed by atoms with Gasteiger partial charge in [-0.3, -0.25) is 4.79 Å². The van der Waals surface area contributed by atoms with Crippen molar-refractivity contribution in [2.45, 2.75) is 45.3 Å². The van der Waals surface area contributed by atoms with Crippen LogP contribution in [0.25, 0.3) is 0 Å². The average molecular weight is 217 g/mol. The standard InChI is InChI=1S/C11H23NO3/c1-6-11(2,3)15-10(14)7-9(8-13)12(4)5/h9,13H,6-8H2,1-5H3. The number of esters is 1. The van der Waals surface area contributed by atoms with E-state index in [2.05, 4.69) is 0 Å². The molecule has 0 bridgehead atoms. The van der Waals surface area contributed by atoms with Crippen LogP contribution >= 0.6 is 0 Å². The van der Waals surface area contributed by atoms with Crippen molar-refractivity contribution in [2.24, 2.45) is 0 Å². The molecule has 0 aromatic carbocycles. The number of hydrogen-bond donors (Lipinski definition) is 1. The summed E-state index contributed by atoms with van der Waals surface area (Å²) >= 11 is 0. The number of hydrogen-bond acceptors (Lipinski definition) is 4. The molecule has 0 amide bonds. The Balaban J connectivity index is 4.13. The molecule has 4 nitrogen and oxygen atoms in total. The van der Waals surface area contributed by atoms with Crippen LogP contribution in [0.15, 0.2) is 0 Å². The largest absolute Gasteiger partial charge is 0.460 e. The van der Waals surface area contributed by atoms with Crippen LogP contribution in [-0.4, -0.2) is 48.3 Å². The number of aliphatic hydroxyl groups is 1. The van der Waals surface area contributed by atoms with Crippen LogP contribution in [0.4, 0.5) is 0 Å². The maximum absolute atomic E-state index is 11.5. The van der Waals surface area contributed by atoms with Crippen LogP contribution in [0.2, 0.25) is 0 Å². The first-order valence-electron chi connectivity index (χ1n) is 5.31. The summed E-state index contributed by atoms with van der Waals surface area (Å²) in [5.74, 6) is -0.255. The normalized spacial score (nSPS) is 14.1. The first-order chi connectivity index (χ1) is 6.82. The minimum absolute atomic E-state index is 0.0331. The molecule has 0 aliphatic carbocycles. The summed E-state index contributed by atoms with van der Waals surface area (Å²) in [6.45, 7) is 5.71. The Morgan fingerprint density at radius 2 is 2.00 bits per heavy atom. The van der Waals surface area contributed by atoms with E-state index in [4.69, 9.17) is 9.84 Å². The maximum atomic E-state index is 11.5.